The molecule has 0 bridgehead atoms. The second-order valence-corrected chi connectivity index (χ2v) is 7.84. The summed E-state index contributed by atoms with van der Waals surface area (Å²) < 4.78 is 45.9. The maximum atomic E-state index is 12.2. The number of hydrogen-bond donors (Lipinski definition) is 2. The molecule has 1 aromatic heterocycles. The Hall–Kier alpha value is -2.99. The fourth-order valence-electron chi connectivity index (χ4n) is 2.18. The Bertz CT molecular complexity index is 980. The first-order valence-electron chi connectivity index (χ1n) is 8.34. The fourth-order valence-corrected chi connectivity index (χ4v) is 3.75. The summed E-state index contributed by atoms with van der Waals surface area (Å²) in [4.78, 5) is 12.0. The number of carbonyl (C=O) groups excluding carboxylic acids is 1. The zero-order valence-electron chi connectivity index (χ0n) is 15.4. The molecular weight excluding hydrogens is 441 g/mol. The molecule has 0 atom stereocenters. The Balaban J connectivity index is 1.46. The number of nitrogens with one attached hydrogen (secondary N) is 2. The van der Waals surface area contributed by atoms with Crippen molar-refractivity contribution in [3.05, 3.63) is 48.5 Å². The van der Waals surface area contributed by atoms with Gasteiger partial charge in [-0.1, -0.05) is 23.1 Å². The minimum atomic E-state index is -4.76. The van der Waals surface area contributed by atoms with E-state index in [-0.39, 0.29) is 17.4 Å². The van der Waals surface area contributed by atoms with Gasteiger partial charge in [-0.15, -0.1) is 23.4 Å². The molecule has 1 amide bonds. The van der Waals surface area contributed by atoms with Gasteiger partial charge < -0.3 is 20.1 Å². The van der Waals surface area contributed by atoms with Crippen molar-refractivity contribution in [3.8, 4) is 11.5 Å². The maximum Gasteiger partial charge on any atom is 0.573 e. The summed E-state index contributed by atoms with van der Waals surface area (Å²) in [5.41, 5.74) is 1.17. The van der Waals surface area contributed by atoms with Crippen LogP contribution in [-0.4, -0.2) is 35.3 Å². The predicted octanol–water partition coefficient (Wildman–Crippen LogP) is 4.92. The minimum absolute atomic E-state index is 0.0674. The average Bonchev–Trinajstić information content (AvgIpc) is 3.15. The van der Waals surface area contributed by atoms with E-state index in [0.29, 0.717) is 15.2 Å². The largest absolute Gasteiger partial charge is 0.573 e. The van der Waals surface area contributed by atoms with E-state index in [9.17, 15) is 18.0 Å². The van der Waals surface area contributed by atoms with E-state index in [1.54, 1.807) is 7.11 Å². The number of aromatic nitrogens is 2. The molecule has 3 rings (SSSR count). The molecule has 2 aromatic carbocycles. The van der Waals surface area contributed by atoms with Gasteiger partial charge in [-0.05, 0) is 48.5 Å². The van der Waals surface area contributed by atoms with Crippen LogP contribution in [0.5, 0.6) is 11.5 Å². The number of thioether (sulfide) groups is 1. The molecule has 0 unspecified atom stereocenters. The first-order chi connectivity index (χ1) is 14.3. The van der Waals surface area contributed by atoms with Crippen LogP contribution >= 0.6 is 23.1 Å². The average molecular weight is 456 g/mol. The van der Waals surface area contributed by atoms with Gasteiger partial charge >= 0.3 is 6.36 Å². The molecule has 0 radical (unpaired) electrons. The lowest BCUT2D eigenvalue weighted by atomic mass is 10.3. The highest BCUT2D eigenvalue weighted by Crippen LogP contribution is 2.28. The van der Waals surface area contributed by atoms with Gasteiger partial charge in [0, 0.05) is 11.4 Å². The van der Waals surface area contributed by atoms with Crippen LogP contribution in [0.3, 0.4) is 0 Å². The molecule has 0 aliphatic carbocycles. The molecule has 0 aliphatic rings. The number of hydrogen-bond acceptors (Lipinski definition) is 8. The number of halogens is 3. The van der Waals surface area contributed by atoms with Crippen LogP contribution in [0, 0.1) is 0 Å². The van der Waals surface area contributed by atoms with E-state index in [1.165, 1.54) is 35.2 Å². The molecule has 1 heterocycles. The van der Waals surface area contributed by atoms with Crippen molar-refractivity contribution >= 4 is 45.5 Å². The number of carbonyl (C=O) groups is 1. The molecule has 2 N–H and O–H groups in total. The van der Waals surface area contributed by atoms with Gasteiger partial charge in [-0.3, -0.25) is 4.79 Å². The predicted molar refractivity (Wildman–Crippen MR) is 109 cm³/mol. The topological polar surface area (TPSA) is 85.4 Å². The van der Waals surface area contributed by atoms with Crippen LogP contribution in [0.1, 0.15) is 0 Å². The van der Waals surface area contributed by atoms with Crippen molar-refractivity contribution in [2.75, 3.05) is 23.5 Å². The van der Waals surface area contributed by atoms with Gasteiger partial charge in [0.05, 0.1) is 12.9 Å². The van der Waals surface area contributed by atoms with Gasteiger partial charge in [0.15, 0.2) is 4.34 Å². The molecule has 0 saturated heterocycles. The lowest BCUT2D eigenvalue weighted by Gasteiger charge is -2.09. The number of nitrogens with zero attached hydrogens (tertiary/aromatic N) is 2. The van der Waals surface area contributed by atoms with Gasteiger partial charge in [0.1, 0.15) is 11.5 Å². The van der Waals surface area contributed by atoms with Crippen molar-refractivity contribution in [1.29, 1.82) is 0 Å². The molecule has 158 valence electrons. The molecule has 30 heavy (non-hydrogen) atoms. The summed E-state index contributed by atoms with van der Waals surface area (Å²) in [5.74, 6) is 0.116. The standard InChI is InChI=1S/C18H15F3N4O3S2/c1-27-13-6-2-12(3-7-13)23-16-24-25-17(30-16)29-10-15(26)22-11-4-8-14(9-5-11)28-18(19,20)21/h2-9H,10H2,1H3,(H,22,26)(H,23,24). The van der Waals surface area contributed by atoms with E-state index in [2.05, 4.69) is 25.6 Å². The van der Waals surface area contributed by atoms with Crippen molar-refractivity contribution in [2.24, 2.45) is 0 Å². The SMILES string of the molecule is COc1ccc(Nc2nnc(SCC(=O)Nc3ccc(OC(F)(F)F)cc3)s2)cc1. The van der Waals surface area contributed by atoms with Gasteiger partial charge in [0.2, 0.25) is 11.0 Å². The molecule has 12 heteroatoms. The van der Waals surface area contributed by atoms with E-state index in [1.807, 2.05) is 24.3 Å². The lowest BCUT2D eigenvalue weighted by molar-refractivity contribution is -0.274. The molecule has 7 nitrogen and oxygen atoms in total. The summed E-state index contributed by atoms with van der Waals surface area (Å²) in [5, 5.41) is 14.3. The fraction of sp³-hybridized carbons (Fsp3) is 0.167. The second-order valence-electron chi connectivity index (χ2n) is 5.64. The number of methoxy groups -OCH3 is 1. The third-order valence-electron chi connectivity index (χ3n) is 3.45. The van der Waals surface area contributed by atoms with E-state index < -0.39 is 6.36 Å². The maximum absolute atomic E-state index is 12.2. The molecule has 0 saturated carbocycles. The first kappa shape index (κ1) is 21.7. The highest BCUT2D eigenvalue weighted by atomic mass is 32.2. The minimum Gasteiger partial charge on any atom is -0.497 e. The summed E-state index contributed by atoms with van der Waals surface area (Å²) in [6.45, 7) is 0. The van der Waals surface area contributed by atoms with E-state index >= 15 is 0 Å². The van der Waals surface area contributed by atoms with Crippen molar-refractivity contribution in [1.82, 2.24) is 10.2 Å². The third kappa shape index (κ3) is 6.81. The zero-order chi connectivity index (χ0) is 21.6. The normalized spacial score (nSPS) is 11.1. The van der Waals surface area contributed by atoms with E-state index in [0.717, 1.165) is 23.6 Å². The summed E-state index contributed by atoms with van der Waals surface area (Å²) in [7, 11) is 1.59. The Kier molecular flexibility index (Phi) is 7.00. The van der Waals surface area contributed by atoms with Crippen LogP contribution in [-0.2, 0) is 4.79 Å². The number of ether oxygens (including phenoxy) is 2. The smallest absolute Gasteiger partial charge is 0.497 e. The quantitative estimate of drug-likeness (QED) is 0.466. The highest BCUT2D eigenvalue weighted by molar-refractivity contribution is 8.01. The number of anilines is 3. The Morgan fingerprint density at radius 2 is 1.67 bits per heavy atom. The molecule has 0 aliphatic heterocycles. The first-order valence-corrected chi connectivity index (χ1v) is 10.1. The number of rotatable bonds is 8. The van der Waals surface area contributed by atoms with Crippen LogP contribution < -0.4 is 20.1 Å². The molecule has 0 fully saturated rings. The summed E-state index contributed by atoms with van der Waals surface area (Å²) in [6.07, 6.45) is -4.76. The van der Waals surface area contributed by atoms with Crippen molar-refractivity contribution in [3.63, 3.8) is 0 Å². The van der Waals surface area contributed by atoms with Gasteiger partial charge in [-0.2, -0.15) is 0 Å². The molecule has 3 aromatic rings. The highest BCUT2D eigenvalue weighted by Gasteiger charge is 2.30. The van der Waals surface area contributed by atoms with Crippen LogP contribution in [0.25, 0.3) is 0 Å². The summed E-state index contributed by atoms with van der Waals surface area (Å²) >= 11 is 2.48. The number of alkyl halides is 3. The van der Waals surface area contributed by atoms with Crippen molar-refractivity contribution in [2.45, 2.75) is 10.7 Å². The molecular formula is C18H15F3N4O3S2. The summed E-state index contributed by atoms with van der Waals surface area (Å²) in [6, 6.07) is 12.2. The number of amides is 1. The van der Waals surface area contributed by atoms with Crippen LogP contribution in [0.4, 0.5) is 29.7 Å². The van der Waals surface area contributed by atoms with Crippen LogP contribution in [0.15, 0.2) is 52.9 Å². The number of benzene rings is 2. The van der Waals surface area contributed by atoms with Crippen LogP contribution in [0.2, 0.25) is 0 Å². The van der Waals surface area contributed by atoms with Crippen molar-refractivity contribution < 1.29 is 27.4 Å². The Morgan fingerprint density at radius 3 is 2.30 bits per heavy atom. The molecule has 0 spiro atoms. The zero-order valence-corrected chi connectivity index (χ0v) is 17.0. The van der Waals surface area contributed by atoms with Gasteiger partial charge in [0.25, 0.3) is 0 Å². The Labute approximate surface area is 177 Å². The lowest BCUT2D eigenvalue weighted by Crippen LogP contribution is -2.17. The third-order valence-corrected chi connectivity index (χ3v) is 5.42. The van der Waals surface area contributed by atoms with E-state index in [4.69, 9.17) is 4.74 Å². The monoisotopic (exact) mass is 456 g/mol. The van der Waals surface area contributed by atoms with Gasteiger partial charge in [-0.25, -0.2) is 0 Å². The Morgan fingerprint density at radius 1 is 1.03 bits per heavy atom. The second kappa shape index (κ2) is 9.67.